The van der Waals surface area contributed by atoms with Crippen molar-refractivity contribution >= 4 is 0 Å². The minimum absolute atomic E-state index is 1.06. The molecule has 0 bridgehead atoms. The maximum absolute atomic E-state index is 4.37. The molecule has 17 heavy (non-hydrogen) atoms. The minimum Gasteiger partial charge on any atom is -0.268 e. The van der Waals surface area contributed by atoms with E-state index in [-0.39, 0.29) is 0 Å². The van der Waals surface area contributed by atoms with Gasteiger partial charge >= 0.3 is 0 Å². The van der Waals surface area contributed by atoms with Gasteiger partial charge in [0.2, 0.25) is 0 Å². The fourth-order valence-electron chi connectivity index (χ4n) is 1.89. The van der Waals surface area contributed by atoms with Crippen LogP contribution in [0.15, 0.2) is 24.3 Å². The van der Waals surface area contributed by atoms with Crippen LogP contribution in [-0.4, -0.2) is 9.78 Å². The average molecular weight is 230 g/mol. The van der Waals surface area contributed by atoms with Crippen LogP contribution >= 0.6 is 0 Å². The molecule has 0 amide bonds. The molecule has 1 aromatic heterocycles. The summed E-state index contributed by atoms with van der Waals surface area (Å²) in [6.07, 6.45) is 0. The molecule has 92 valence electrons. The van der Waals surface area contributed by atoms with Gasteiger partial charge in [-0.25, -0.2) is 0 Å². The summed E-state index contributed by atoms with van der Waals surface area (Å²) in [6.45, 7) is 10.3. The van der Waals surface area contributed by atoms with Crippen LogP contribution in [0.4, 0.5) is 0 Å². The number of nitrogens with zero attached hydrogens (tertiary/aromatic N) is 2. The fraction of sp³-hybridized carbons (Fsp3) is 0.400. The highest BCUT2D eigenvalue weighted by atomic mass is 15.3. The van der Waals surface area contributed by atoms with Gasteiger partial charge < -0.3 is 0 Å². The van der Waals surface area contributed by atoms with Crippen LogP contribution in [0.5, 0.6) is 0 Å². The third-order valence-electron chi connectivity index (χ3n) is 2.88. The van der Waals surface area contributed by atoms with Crippen LogP contribution < -0.4 is 0 Å². The Balaban J connectivity index is 0.000000686. The van der Waals surface area contributed by atoms with Crippen molar-refractivity contribution in [3.8, 4) is 11.3 Å². The lowest BCUT2D eigenvalue weighted by Gasteiger charge is -2.08. The van der Waals surface area contributed by atoms with Crippen molar-refractivity contribution in [1.82, 2.24) is 9.78 Å². The van der Waals surface area contributed by atoms with E-state index in [0.29, 0.717) is 0 Å². The maximum atomic E-state index is 4.37. The first-order chi connectivity index (χ1) is 8.09. The zero-order chi connectivity index (χ0) is 13.0. The summed E-state index contributed by atoms with van der Waals surface area (Å²) in [5.74, 6) is 0. The van der Waals surface area contributed by atoms with Crippen molar-refractivity contribution in [1.29, 1.82) is 0 Å². The molecule has 0 aliphatic rings. The molecular weight excluding hydrogens is 208 g/mol. The summed E-state index contributed by atoms with van der Waals surface area (Å²) in [5, 5.41) is 4.37. The van der Waals surface area contributed by atoms with Gasteiger partial charge in [-0.3, -0.25) is 4.68 Å². The topological polar surface area (TPSA) is 17.8 Å². The van der Waals surface area contributed by atoms with Gasteiger partial charge in [-0.2, -0.15) is 5.10 Å². The van der Waals surface area contributed by atoms with E-state index in [9.17, 15) is 0 Å². The summed E-state index contributed by atoms with van der Waals surface area (Å²) in [4.78, 5) is 0. The molecule has 0 saturated carbocycles. The number of rotatable bonds is 1. The molecule has 1 aromatic carbocycles. The molecule has 0 aliphatic heterocycles. The van der Waals surface area contributed by atoms with Gasteiger partial charge in [-0.05, 0) is 38.0 Å². The average Bonchev–Trinajstić information content (AvgIpc) is 2.65. The van der Waals surface area contributed by atoms with Gasteiger partial charge in [0.15, 0.2) is 0 Å². The molecule has 2 heteroatoms. The number of aromatic nitrogens is 2. The molecule has 0 unspecified atom stereocenters. The fourth-order valence-corrected chi connectivity index (χ4v) is 1.89. The molecule has 2 aromatic rings. The molecular formula is C15H22N2. The standard InChI is InChI=1S/C13H16N2.C2H6/c1-9-6-5-7-12(11(9)3)13-8-10(2)14-15(13)4;1-2/h5-8H,1-4H3;1-2H3. The summed E-state index contributed by atoms with van der Waals surface area (Å²) in [7, 11) is 1.99. The van der Waals surface area contributed by atoms with E-state index in [0.717, 1.165) is 5.69 Å². The zero-order valence-corrected chi connectivity index (χ0v) is 11.7. The van der Waals surface area contributed by atoms with Gasteiger partial charge in [-0.15, -0.1) is 0 Å². The van der Waals surface area contributed by atoms with Crippen molar-refractivity contribution in [3.63, 3.8) is 0 Å². The van der Waals surface area contributed by atoms with Gasteiger partial charge in [0.1, 0.15) is 0 Å². The summed E-state index contributed by atoms with van der Waals surface area (Å²) < 4.78 is 1.94. The molecule has 2 rings (SSSR count). The van der Waals surface area contributed by atoms with Gasteiger partial charge in [0.25, 0.3) is 0 Å². The molecule has 0 atom stereocenters. The molecule has 2 nitrogen and oxygen atoms in total. The normalized spacial score (nSPS) is 9.76. The lowest BCUT2D eigenvalue weighted by atomic mass is 10.0. The minimum atomic E-state index is 1.06. The second-order valence-electron chi connectivity index (χ2n) is 4.04. The SMILES string of the molecule is CC.Cc1cc(-c2cccc(C)c2C)n(C)n1. The zero-order valence-electron chi connectivity index (χ0n) is 11.7. The summed E-state index contributed by atoms with van der Waals surface area (Å²) in [5.41, 5.74) is 6.19. The van der Waals surface area contributed by atoms with Gasteiger partial charge in [0, 0.05) is 12.6 Å². The maximum Gasteiger partial charge on any atom is 0.0684 e. The number of hydrogen-bond acceptors (Lipinski definition) is 1. The Morgan fingerprint density at radius 1 is 1.06 bits per heavy atom. The number of aryl methyl sites for hydroxylation is 3. The van der Waals surface area contributed by atoms with E-state index in [2.05, 4.69) is 43.2 Å². The van der Waals surface area contributed by atoms with Gasteiger partial charge in [-0.1, -0.05) is 32.0 Å². The third kappa shape index (κ3) is 2.76. The highest BCUT2D eigenvalue weighted by Crippen LogP contribution is 2.25. The second kappa shape index (κ2) is 5.67. The largest absolute Gasteiger partial charge is 0.268 e. The molecule has 0 N–H and O–H groups in total. The van der Waals surface area contributed by atoms with E-state index in [1.807, 2.05) is 32.5 Å². The Morgan fingerprint density at radius 3 is 2.24 bits per heavy atom. The number of hydrogen-bond donors (Lipinski definition) is 0. The van der Waals surface area contributed by atoms with E-state index in [4.69, 9.17) is 0 Å². The van der Waals surface area contributed by atoms with Crippen molar-refractivity contribution in [2.75, 3.05) is 0 Å². The molecule has 0 spiro atoms. The Kier molecular flexibility index (Phi) is 4.50. The monoisotopic (exact) mass is 230 g/mol. The van der Waals surface area contributed by atoms with Crippen LogP contribution in [-0.2, 0) is 7.05 Å². The van der Waals surface area contributed by atoms with E-state index >= 15 is 0 Å². The molecule has 0 fully saturated rings. The first-order valence-electron chi connectivity index (χ1n) is 6.17. The Labute approximate surface area is 104 Å². The quantitative estimate of drug-likeness (QED) is 0.723. The lowest BCUT2D eigenvalue weighted by Crippen LogP contribution is -1.96. The molecule has 0 radical (unpaired) electrons. The predicted molar refractivity (Wildman–Crippen MR) is 74.2 cm³/mol. The lowest BCUT2D eigenvalue weighted by molar-refractivity contribution is 0.763. The van der Waals surface area contributed by atoms with Crippen molar-refractivity contribution in [2.24, 2.45) is 7.05 Å². The van der Waals surface area contributed by atoms with Crippen LogP contribution in [0.2, 0.25) is 0 Å². The third-order valence-corrected chi connectivity index (χ3v) is 2.88. The molecule has 1 heterocycles. The van der Waals surface area contributed by atoms with Crippen molar-refractivity contribution < 1.29 is 0 Å². The Bertz CT molecular complexity index is 496. The smallest absolute Gasteiger partial charge is 0.0684 e. The van der Waals surface area contributed by atoms with E-state index in [1.165, 1.54) is 22.4 Å². The van der Waals surface area contributed by atoms with E-state index in [1.54, 1.807) is 0 Å². The Hall–Kier alpha value is -1.57. The van der Waals surface area contributed by atoms with Crippen molar-refractivity contribution in [3.05, 3.63) is 41.1 Å². The van der Waals surface area contributed by atoms with E-state index < -0.39 is 0 Å². The first kappa shape index (κ1) is 13.5. The van der Waals surface area contributed by atoms with Crippen molar-refractivity contribution in [2.45, 2.75) is 34.6 Å². The first-order valence-corrected chi connectivity index (χ1v) is 6.17. The predicted octanol–water partition coefficient (Wildman–Crippen LogP) is 4.04. The van der Waals surface area contributed by atoms with Gasteiger partial charge in [0.05, 0.1) is 11.4 Å². The van der Waals surface area contributed by atoms with Crippen LogP contribution in [0, 0.1) is 20.8 Å². The van der Waals surface area contributed by atoms with Crippen LogP contribution in [0.3, 0.4) is 0 Å². The number of benzene rings is 1. The molecule has 0 aliphatic carbocycles. The summed E-state index contributed by atoms with van der Waals surface area (Å²) >= 11 is 0. The van der Waals surface area contributed by atoms with Crippen LogP contribution in [0.25, 0.3) is 11.3 Å². The highest BCUT2D eigenvalue weighted by Gasteiger charge is 2.08. The Morgan fingerprint density at radius 2 is 1.71 bits per heavy atom. The second-order valence-corrected chi connectivity index (χ2v) is 4.04. The molecule has 0 saturated heterocycles. The highest BCUT2D eigenvalue weighted by molar-refractivity contribution is 5.65. The summed E-state index contributed by atoms with van der Waals surface area (Å²) in [6, 6.07) is 8.52. The van der Waals surface area contributed by atoms with Crippen LogP contribution in [0.1, 0.15) is 30.7 Å².